The SMILES string of the molecule is C=CC(=O)NC.Cn1cc(-c2cn3nccc3c(OCC3CCC3)n2)cn1. The number of carbonyl (C=O) groups excluding carboxylic acids is 1. The van der Waals surface area contributed by atoms with Gasteiger partial charge in [0.05, 0.1) is 30.9 Å². The first-order valence-electron chi connectivity index (χ1n) is 8.91. The van der Waals surface area contributed by atoms with E-state index in [0.717, 1.165) is 23.4 Å². The van der Waals surface area contributed by atoms with Gasteiger partial charge in [-0.05, 0) is 30.9 Å². The maximum Gasteiger partial charge on any atom is 0.243 e. The van der Waals surface area contributed by atoms with E-state index in [-0.39, 0.29) is 5.91 Å². The highest BCUT2D eigenvalue weighted by molar-refractivity contribution is 5.86. The topological polar surface area (TPSA) is 86.3 Å². The lowest BCUT2D eigenvalue weighted by molar-refractivity contribution is -0.116. The molecule has 0 atom stereocenters. The van der Waals surface area contributed by atoms with E-state index in [9.17, 15) is 4.79 Å². The molecule has 0 saturated heterocycles. The second kappa shape index (κ2) is 8.48. The number of fused-ring (bicyclic) bond motifs is 1. The predicted molar refractivity (Wildman–Crippen MR) is 102 cm³/mol. The molecule has 8 heteroatoms. The Hall–Kier alpha value is -3.16. The van der Waals surface area contributed by atoms with Gasteiger partial charge in [-0.1, -0.05) is 13.0 Å². The number of amides is 1. The molecule has 27 heavy (non-hydrogen) atoms. The Balaban J connectivity index is 0.000000307. The van der Waals surface area contributed by atoms with Crippen molar-refractivity contribution in [3.63, 3.8) is 0 Å². The summed E-state index contributed by atoms with van der Waals surface area (Å²) < 4.78 is 9.53. The number of rotatable bonds is 5. The van der Waals surface area contributed by atoms with Crippen molar-refractivity contribution in [2.45, 2.75) is 19.3 Å². The van der Waals surface area contributed by atoms with Gasteiger partial charge >= 0.3 is 0 Å². The molecule has 0 bridgehead atoms. The average molecular weight is 368 g/mol. The number of nitrogens with zero attached hydrogens (tertiary/aromatic N) is 5. The molecule has 4 rings (SSSR count). The highest BCUT2D eigenvalue weighted by Crippen LogP contribution is 2.29. The molecular formula is C19H24N6O2. The van der Waals surface area contributed by atoms with Gasteiger partial charge in [0.2, 0.25) is 11.8 Å². The summed E-state index contributed by atoms with van der Waals surface area (Å²) in [5, 5.41) is 10.9. The fourth-order valence-electron chi connectivity index (χ4n) is 2.65. The quantitative estimate of drug-likeness (QED) is 0.698. The predicted octanol–water partition coefficient (Wildman–Crippen LogP) is 2.23. The molecule has 0 aromatic carbocycles. The molecule has 1 saturated carbocycles. The Bertz CT molecular complexity index is 925. The Morgan fingerprint density at radius 2 is 2.22 bits per heavy atom. The monoisotopic (exact) mass is 368 g/mol. The molecule has 3 aromatic heterocycles. The standard InChI is InChI=1S/C15H17N5O.C4H7NO/c1-19-8-12(7-17-19)13-9-20-14(5-6-16-20)15(18-13)21-10-11-3-2-4-11;1-3-4(6)5-2/h5-9,11H,2-4,10H2,1H3;3H,1H2,2H3,(H,5,6). The number of aromatic nitrogens is 5. The van der Waals surface area contributed by atoms with Crippen LogP contribution < -0.4 is 10.1 Å². The highest BCUT2D eigenvalue weighted by Gasteiger charge is 2.19. The molecule has 1 amide bonds. The molecule has 1 N–H and O–H groups in total. The van der Waals surface area contributed by atoms with E-state index in [1.807, 2.05) is 30.0 Å². The fraction of sp³-hybridized carbons (Fsp3) is 0.368. The second-order valence-electron chi connectivity index (χ2n) is 6.42. The zero-order valence-corrected chi connectivity index (χ0v) is 15.6. The number of ether oxygens (including phenoxy) is 1. The van der Waals surface area contributed by atoms with Crippen molar-refractivity contribution in [1.29, 1.82) is 0 Å². The van der Waals surface area contributed by atoms with Gasteiger partial charge in [0, 0.05) is 25.9 Å². The van der Waals surface area contributed by atoms with Crippen LogP contribution in [0.1, 0.15) is 19.3 Å². The Labute approximate surface area is 157 Å². The molecule has 1 fully saturated rings. The van der Waals surface area contributed by atoms with Crippen LogP contribution in [0.3, 0.4) is 0 Å². The van der Waals surface area contributed by atoms with Crippen LogP contribution in [0.4, 0.5) is 0 Å². The average Bonchev–Trinajstić information content (AvgIpc) is 3.28. The lowest BCUT2D eigenvalue weighted by atomic mass is 9.86. The van der Waals surface area contributed by atoms with Gasteiger partial charge in [-0.2, -0.15) is 10.2 Å². The van der Waals surface area contributed by atoms with Gasteiger partial charge in [0.15, 0.2) is 0 Å². The van der Waals surface area contributed by atoms with Gasteiger partial charge in [-0.25, -0.2) is 9.50 Å². The summed E-state index contributed by atoms with van der Waals surface area (Å²) in [6.07, 6.45) is 12.5. The van der Waals surface area contributed by atoms with E-state index < -0.39 is 0 Å². The first-order chi connectivity index (χ1) is 13.1. The molecule has 1 aliphatic rings. The molecule has 0 unspecified atom stereocenters. The Kier molecular flexibility index (Phi) is 5.85. The molecule has 8 nitrogen and oxygen atoms in total. The number of hydrogen-bond acceptors (Lipinski definition) is 5. The number of aryl methyl sites for hydroxylation is 1. The summed E-state index contributed by atoms with van der Waals surface area (Å²) in [6, 6.07) is 1.93. The van der Waals surface area contributed by atoms with Gasteiger partial charge in [-0.3, -0.25) is 9.48 Å². The first-order valence-corrected chi connectivity index (χ1v) is 8.91. The third-order valence-electron chi connectivity index (χ3n) is 4.47. The van der Waals surface area contributed by atoms with Crippen LogP contribution in [0.2, 0.25) is 0 Å². The van der Waals surface area contributed by atoms with Crippen LogP contribution in [0, 0.1) is 5.92 Å². The van der Waals surface area contributed by atoms with Crippen LogP contribution in [0.25, 0.3) is 16.8 Å². The van der Waals surface area contributed by atoms with Gasteiger partial charge in [-0.15, -0.1) is 0 Å². The van der Waals surface area contributed by atoms with Crippen molar-refractivity contribution >= 4 is 11.4 Å². The maximum atomic E-state index is 9.95. The molecular weight excluding hydrogens is 344 g/mol. The van der Waals surface area contributed by atoms with Crippen molar-refractivity contribution in [3.05, 3.63) is 43.5 Å². The van der Waals surface area contributed by atoms with Gasteiger partial charge < -0.3 is 10.1 Å². The fourth-order valence-corrected chi connectivity index (χ4v) is 2.65. The highest BCUT2D eigenvalue weighted by atomic mass is 16.5. The van der Waals surface area contributed by atoms with Crippen LogP contribution in [-0.4, -0.2) is 43.9 Å². The number of hydrogen-bond donors (Lipinski definition) is 1. The van der Waals surface area contributed by atoms with Gasteiger partial charge in [0.25, 0.3) is 0 Å². The summed E-state index contributed by atoms with van der Waals surface area (Å²) in [5.41, 5.74) is 2.69. The summed E-state index contributed by atoms with van der Waals surface area (Å²) in [7, 11) is 3.45. The van der Waals surface area contributed by atoms with Crippen molar-refractivity contribution < 1.29 is 9.53 Å². The zero-order chi connectivity index (χ0) is 19.2. The molecule has 0 radical (unpaired) electrons. The number of nitrogens with one attached hydrogen (secondary N) is 1. The van der Waals surface area contributed by atoms with Crippen molar-refractivity contribution in [3.8, 4) is 17.1 Å². The van der Waals surface area contributed by atoms with E-state index in [0.29, 0.717) is 11.8 Å². The van der Waals surface area contributed by atoms with E-state index in [2.05, 4.69) is 27.1 Å². The third-order valence-corrected chi connectivity index (χ3v) is 4.47. The lowest BCUT2D eigenvalue weighted by Gasteiger charge is -2.24. The van der Waals surface area contributed by atoms with E-state index in [1.165, 1.54) is 25.3 Å². The lowest BCUT2D eigenvalue weighted by Crippen LogP contribution is -2.19. The largest absolute Gasteiger partial charge is 0.476 e. The van der Waals surface area contributed by atoms with Crippen molar-refractivity contribution in [2.75, 3.05) is 13.7 Å². The number of carbonyl (C=O) groups is 1. The molecule has 1 aliphatic carbocycles. The van der Waals surface area contributed by atoms with Gasteiger partial charge in [0.1, 0.15) is 5.52 Å². The molecule has 0 spiro atoms. The van der Waals surface area contributed by atoms with E-state index in [1.54, 1.807) is 24.1 Å². The second-order valence-corrected chi connectivity index (χ2v) is 6.42. The smallest absolute Gasteiger partial charge is 0.243 e. The minimum absolute atomic E-state index is 0.144. The first kappa shape index (κ1) is 18.6. The third kappa shape index (κ3) is 4.52. The Morgan fingerprint density at radius 3 is 2.78 bits per heavy atom. The van der Waals surface area contributed by atoms with Crippen LogP contribution in [0.15, 0.2) is 43.5 Å². The minimum atomic E-state index is -0.144. The van der Waals surface area contributed by atoms with Crippen LogP contribution >= 0.6 is 0 Å². The molecule has 0 aliphatic heterocycles. The minimum Gasteiger partial charge on any atom is -0.476 e. The van der Waals surface area contributed by atoms with Crippen LogP contribution in [0.5, 0.6) is 5.88 Å². The van der Waals surface area contributed by atoms with Crippen molar-refractivity contribution in [1.82, 2.24) is 29.7 Å². The van der Waals surface area contributed by atoms with Crippen LogP contribution in [-0.2, 0) is 11.8 Å². The Morgan fingerprint density at radius 1 is 1.41 bits per heavy atom. The molecule has 3 heterocycles. The molecule has 142 valence electrons. The summed E-state index contributed by atoms with van der Waals surface area (Å²) in [5.74, 6) is 1.19. The normalized spacial score (nSPS) is 13.4. The zero-order valence-electron chi connectivity index (χ0n) is 15.6. The maximum absolute atomic E-state index is 9.95. The molecule has 3 aromatic rings. The van der Waals surface area contributed by atoms with Crippen molar-refractivity contribution in [2.24, 2.45) is 13.0 Å². The number of likely N-dealkylation sites (N-methyl/N-ethyl adjacent to an activating group) is 1. The van der Waals surface area contributed by atoms with E-state index in [4.69, 9.17) is 4.74 Å². The summed E-state index contributed by atoms with van der Waals surface area (Å²) in [6.45, 7) is 3.96. The summed E-state index contributed by atoms with van der Waals surface area (Å²) in [4.78, 5) is 14.6. The van der Waals surface area contributed by atoms with E-state index >= 15 is 0 Å². The summed E-state index contributed by atoms with van der Waals surface area (Å²) >= 11 is 0.